The normalized spacial score (nSPS) is 24.3. The van der Waals surface area contributed by atoms with Gasteiger partial charge < -0.3 is 0 Å². The third-order valence-corrected chi connectivity index (χ3v) is 9.66. The molecule has 0 saturated heterocycles. The molecule has 1 nitrogen and oxygen atoms in total. The van der Waals surface area contributed by atoms with Gasteiger partial charge in [0.1, 0.15) is 7.05 Å². The summed E-state index contributed by atoms with van der Waals surface area (Å²) >= 11 is 0. The molecule has 4 aliphatic rings. The van der Waals surface area contributed by atoms with Gasteiger partial charge in [-0.1, -0.05) is 32.0 Å². The molecule has 2 bridgehead atoms. The van der Waals surface area contributed by atoms with Crippen molar-refractivity contribution >= 4 is 10.8 Å². The Morgan fingerprint density at radius 2 is 1.39 bits per heavy atom. The van der Waals surface area contributed by atoms with Crippen molar-refractivity contribution < 1.29 is 4.57 Å². The van der Waals surface area contributed by atoms with Crippen LogP contribution in [0.15, 0.2) is 36.4 Å². The molecule has 2 aromatic carbocycles. The predicted molar refractivity (Wildman–Crippen MR) is 139 cm³/mol. The van der Waals surface area contributed by atoms with Crippen LogP contribution in [0.25, 0.3) is 22.0 Å². The standard InChI is InChI=1S/C32H40N/c1-20-16-29-23-6-8-24(9-7-23)30(29)19-28(20)31-27-11-10-25(18-26(27)17-21(2)33(31)5)22-12-14-32(3,4)15-13-22/h10-11,16-19,22-24H,6-9,12-15H2,1-5H3/q+1. The Kier molecular flexibility index (Phi) is 4.98. The van der Waals surface area contributed by atoms with Gasteiger partial charge in [-0.05, 0) is 121 Å². The largest absolute Gasteiger partial charge is 0.220 e. The molecule has 1 heterocycles. The number of nitrogens with zero attached hydrogens (tertiary/aromatic N) is 1. The van der Waals surface area contributed by atoms with Crippen LogP contribution in [0.2, 0.25) is 0 Å². The third kappa shape index (κ3) is 3.54. The Balaban J connectivity index is 1.47. The van der Waals surface area contributed by atoms with Crippen LogP contribution in [-0.4, -0.2) is 0 Å². The summed E-state index contributed by atoms with van der Waals surface area (Å²) in [5, 5.41) is 2.83. The maximum Gasteiger partial charge on any atom is 0.220 e. The van der Waals surface area contributed by atoms with Crippen LogP contribution in [0.5, 0.6) is 0 Å². The number of hydrogen-bond acceptors (Lipinski definition) is 0. The Labute approximate surface area is 200 Å². The minimum atomic E-state index is 0.522. The number of pyridine rings is 1. The highest BCUT2D eigenvalue weighted by molar-refractivity contribution is 5.94. The predicted octanol–water partition coefficient (Wildman–Crippen LogP) is 8.39. The van der Waals surface area contributed by atoms with Gasteiger partial charge in [-0.25, -0.2) is 0 Å². The van der Waals surface area contributed by atoms with E-state index in [4.69, 9.17) is 0 Å². The lowest BCUT2D eigenvalue weighted by molar-refractivity contribution is -0.665. The summed E-state index contributed by atoms with van der Waals surface area (Å²) in [6.45, 7) is 9.48. The van der Waals surface area contributed by atoms with Gasteiger partial charge in [0, 0.05) is 13.0 Å². The Morgan fingerprint density at radius 1 is 0.758 bits per heavy atom. The maximum atomic E-state index is 2.59. The lowest BCUT2D eigenvalue weighted by Gasteiger charge is -2.38. The summed E-state index contributed by atoms with van der Waals surface area (Å²) in [5.41, 5.74) is 11.0. The number of aromatic nitrogens is 1. The highest BCUT2D eigenvalue weighted by Gasteiger charge is 2.34. The van der Waals surface area contributed by atoms with E-state index >= 15 is 0 Å². The van der Waals surface area contributed by atoms with E-state index < -0.39 is 0 Å². The Morgan fingerprint density at radius 3 is 2.06 bits per heavy atom. The number of hydrogen-bond donors (Lipinski definition) is 0. The van der Waals surface area contributed by atoms with Gasteiger partial charge in [-0.15, -0.1) is 0 Å². The van der Waals surface area contributed by atoms with Crippen LogP contribution in [0.1, 0.15) is 111 Å². The van der Waals surface area contributed by atoms with Crippen LogP contribution in [0.4, 0.5) is 0 Å². The van der Waals surface area contributed by atoms with Crippen LogP contribution in [0, 0.1) is 19.3 Å². The molecule has 1 aromatic heterocycles. The molecule has 0 N–H and O–H groups in total. The average Bonchev–Trinajstić information content (AvgIpc) is 2.80. The fourth-order valence-electron chi connectivity index (χ4n) is 7.33. The zero-order valence-corrected chi connectivity index (χ0v) is 21.3. The van der Waals surface area contributed by atoms with Crippen molar-refractivity contribution in [3.63, 3.8) is 0 Å². The Bertz CT molecular complexity index is 1230. The Hall–Kier alpha value is -2.15. The lowest BCUT2D eigenvalue weighted by atomic mass is 9.66. The highest BCUT2D eigenvalue weighted by atomic mass is 14.9. The van der Waals surface area contributed by atoms with E-state index in [1.807, 2.05) is 0 Å². The molecule has 2 saturated carbocycles. The molecule has 0 aliphatic heterocycles. The van der Waals surface area contributed by atoms with E-state index in [9.17, 15) is 0 Å². The first-order valence-electron chi connectivity index (χ1n) is 13.4. The first-order chi connectivity index (χ1) is 15.8. The fourth-order valence-corrected chi connectivity index (χ4v) is 7.33. The second kappa shape index (κ2) is 7.69. The summed E-state index contributed by atoms with van der Waals surface area (Å²) in [4.78, 5) is 0. The van der Waals surface area contributed by atoms with Crippen LogP contribution < -0.4 is 4.57 Å². The van der Waals surface area contributed by atoms with Gasteiger partial charge >= 0.3 is 0 Å². The van der Waals surface area contributed by atoms with Crippen molar-refractivity contribution in [3.05, 3.63) is 64.3 Å². The summed E-state index contributed by atoms with van der Waals surface area (Å²) in [6, 6.07) is 14.9. The molecular formula is C32H40N+. The second-order valence-corrected chi connectivity index (χ2v) is 12.3. The molecule has 172 valence electrons. The van der Waals surface area contributed by atoms with E-state index in [1.54, 1.807) is 16.7 Å². The minimum Gasteiger partial charge on any atom is -0.198 e. The van der Waals surface area contributed by atoms with Gasteiger partial charge in [0.25, 0.3) is 0 Å². The summed E-state index contributed by atoms with van der Waals surface area (Å²) in [5.74, 6) is 2.32. The van der Waals surface area contributed by atoms with E-state index in [-0.39, 0.29) is 0 Å². The number of fused-ring (bicyclic) bond motifs is 3. The molecule has 2 fully saturated rings. The molecule has 7 rings (SSSR count). The van der Waals surface area contributed by atoms with Crippen molar-refractivity contribution in [2.75, 3.05) is 0 Å². The van der Waals surface area contributed by atoms with Crippen LogP contribution >= 0.6 is 0 Å². The van der Waals surface area contributed by atoms with Crippen LogP contribution in [-0.2, 0) is 7.05 Å². The average molecular weight is 439 g/mol. The molecular weight excluding hydrogens is 398 g/mol. The van der Waals surface area contributed by atoms with Gasteiger partial charge in [0.15, 0.2) is 5.69 Å². The quantitative estimate of drug-likeness (QED) is 0.354. The van der Waals surface area contributed by atoms with Gasteiger partial charge in [-0.2, -0.15) is 4.57 Å². The third-order valence-electron chi connectivity index (χ3n) is 9.66. The van der Waals surface area contributed by atoms with E-state index in [0.717, 1.165) is 17.8 Å². The van der Waals surface area contributed by atoms with Crippen molar-refractivity contribution in [1.29, 1.82) is 0 Å². The summed E-state index contributed by atoms with van der Waals surface area (Å²) < 4.78 is 2.43. The van der Waals surface area contributed by atoms with Crippen LogP contribution in [0.3, 0.4) is 0 Å². The van der Waals surface area contributed by atoms with Gasteiger partial charge in [0.2, 0.25) is 5.69 Å². The van der Waals surface area contributed by atoms with Crippen molar-refractivity contribution in [1.82, 2.24) is 0 Å². The van der Waals surface area contributed by atoms with Crippen molar-refractivity contribution in [3.8, 4) is 11.3 Å². The molecule has 0 radical (unpaired) electrons. The summed E-state index contributed by atoms with van der Waals surface area (Å²) in [6.07, 6.45) is 10.9. The fraction of sp³-hybridized carbons (Fsp3) is 0.531. The summed E-state index contributed by atoms with van der Waals surface area (Å²) in [7, 11) is 2.26. The zero-order valence-electron chi connectivity index (χ0n) is 21.3. The molecule has 0 spiro atoms. The molecule has 0 atom stereocenters. The van der Waals surface area contributed by atoms with Gasteiger partial charge in [-0.3, -0.25) is 0 Å². The van der Waals surface area contributed by atoms with E-state index in [1.165, 1.54) is 84.7 Å². The lowest BCUT2D eigenvalue weighted by Crippen LogP contribution is -2.35. The first-order valence-corrected chi connectivity index (χ1v) is 13.4. The maximum absolute atomic E-state index is 2.59. The number of benzene rings is 2. The smallest absolute Gasteiger partial charge is 0.198 e. The monoisotopic (exact) mass is 438 g/mol. The SMILES string of the molecule is Cc1cc2c(cc1-c1c3ccc(C4CCC(C)(C)CC4)cc3cc(C)[n+]1C)C1CCC2CC1. The molecule has 4 aliphatic carbocycles. The van der Waals surface area contributed by atoms with Crippen molar-refractivity contribution in [2.45, 2.75) is 96.8 Å². The topological polar surface area (TPSA) is 3.88 Å². The first kappa shape index (κ1) is 21.4. The molecule has 0 amide bonds. The molecule has 3 aromatic rings. The molecule has 1 heteroatoms. The number of aryl methyl sites for hydroxylation is 2. The number of rotatable bonds is 2. The zero-order chi connectivity index (χ0) is 22.9. The molecule has 33 heavy (non-hydrogen) atoms. The molecule has 0 unspecified atom stereocenters. The highest BCUT2D eigenvalue weighted by Crippen LogP contribution is 2.51. The van der Waals surface area contributed by atoms with E-state index in [0.29, 0.717) is 5.41 Å². The second-order valence-electron chi connectivity index (χ2n) is 12.3. The minimum absolute atomic E-state index is 0.522. The van der Waals surface area contributed by atoms with Gasteiger partial charge in [0.05, 0.1) is 10.9 Å². The van der Waals surface area contributed by atoms with E-state index in [2.05, 4.69) is 75.7 Å². The van der Waals surface area contributed by atoms with Crippen molar-refractivity contribution in [2.24, 2.45) is 12.5 Å².